The van der Waals surface area contributed by atoms with Crippen molar-refractivity contribution in [2.45, 2.75) is 13.0 Å². The minimum atomic E-state index is -1.09. The van der Waals surface area contributed by atoms with Gasteiger partial charge in [-0.2, -0.15) is 0 Å². The quantitative estimate of drug-likeness (QED) is 0.826. The van der Waals surface area contributed by atoms with Crippen molar-refractivity contribution in [1.82, 2.24) is 9.55 Å². The summed E-state index contributed by atoms with van der Waals surface area (Å²) < 4.78 is 7.41. The molecule has 1 N–H and O–H groups in total. The van der Waals surface area contributed by atoms with Crippen molar-refractivity contribution in [2.75, 3.05) is 6.61 Å². The van der Waals surface area contributed by atoms with Gasteiger partial charge in [-0.1, -0.05) is 17.7 Å². The van der Waals surface area contributed by atoms with Gasteiger partial charge in [0.05, 0.1) is 18.0 Å². The summed E-state index contributed by atoms with van der Waals surface area (Å²) in [5, 5.41) is 9.26. The maximum absolute atomic E-state index is 11.1. The number of hydrogen-bond acceptors (Lipinski definition) is 3. The Morgan fingerprint density at radius 2 is 2.32 bits per heavy atom. The summed E-state index contributed by atoms with van der Waals surface area (Å²) >= 11 is 5.85. The van der Waals surface area contributed by atoms with E-state index in [0.29, 0.717) is 12.4 Å². The highest BCUT2D eigenvalue weighted by Crippen LogP contribution is 2.26. The van der Waals surface area contributed by atoms with Gasteiger partial charge in [0, 0.05) is 18.9 Å². The van der Waals surface area contributed by atoms with Crippen LogP contribution in [0.25, 0.3) is 0 Å². The number of rotatable bonds is 6. The molecule has 0 spiro atoms. The average Bonchev–Trinajstić information content (AvgIpc) is 2.87. The Kier molecular flexibility index (Phi) is 4.41. The van der Waals surface area contributed by atoms with Crippen LogP contribution >= 0.6 is 11.6 Å². The minimum Gasteiger partial charge on any atom is -0.493 e. The summed E-state index contributed by atoms with van der Waals surface area (Å²) in [5.74, 6) is -0.791. The SMILES string of the molecule is O=C(O)c1c(Cl)cccc1OCCCn1ccnc1. The average molecular weight is 281 g/mol. The second-order valence-electron chi connectivity index (χ2n) is 3.92. The summed E-state index contributed by atoms with van der Waals surface area (Å²) in [6.45, 7) is 1.18. The number of benzene rings is 1. The van der Waals surface area contributed by atoms with Crippen molar-refractivity contribution in [3.05, 3.63) is 47.5 Å². The Morgan fingerprint density at radius 1 is 1.47 bits per heavy atom. The fourth-order valence-electron chi connectivity index (χ4n) is 1.68. The molecular weight excluding hydrogens is 268 g/mol. The predicted molar refractivity (Wildman–Crippen MR) is 70.8 cm³/mol. The van der Waals surface area contributed by atoms with Crippen molar-refractivity contribution in [3.8, 4) is 5.75 Å². The van der Waals surface area contributed by atoms with Crippen molar-refractivity contribution < 1.29 is 14.6 Å². The lowest BCUT2D eigenvalue weighted by Crippen LogP contribution is -2.07. The van der Waals surface area contributed by atoms with Crippen molar-refractivity contribution in [1.29, 1.82) is 0 Å². The molecule has 0 aliphatic heterocycles. The van der Waals surface area contributed by atoms with Crippen molar-refractivity contribution >= 4 is 17.6 Å². The maximum Gasteiger partial charge on any atom is 0.341 e. The van der Waals surface area contributed by atoms with Gasteiger partial charge in [-0.3, -0.25) is 0 Å². The van der Waals surface area contributed by atoms with Gasteiger partial charge in [-0.25, -0.2) is 9.78 Å². The predicted octanol–water partition coefficient (Wildman–Crippen LogP) is 2.70. The fourth-order valence-corrected chi connectivity index (χ4v) is 1.93. The van der Waals surface area contributed by atoms with E-state index in [9.17, 15) is 4.79 Å². The number of aromatic nitrogens is 2. The van der Waals surface area contributed by atoms with Crippen LogP contribution in [0.4, 0.5) is 0 Å². The molecule has 0 unspecified atom stereocenters. The van der Waals surface area contributed by atoms with Crippen molar-refractivity contribution in [2.24, 2.45) is 0 Å². The molecule has 19 heavy (non-hydrogen) atoms. The van der Waals surface area contributed by atoms with Crippen LogP contribution in [-0.4, -0.2) is 27.2 Å². The van der Waals surface area contributed by atoms with Gasteiger partial charge >= 0.3 is 5.97 Å². The van der Waals surface area contributed by atoms with Gasteiger partial charge in [-0.05, 0) is 18.6 Å². The van der Waals surface area contributed by atoms with E-state index in [1.165, 1.54) is 6.07 Å². The van der Waals surface area contributed by atoms with Crippen LogP contribution in [0, 0.1) is 0 Å². The standard InChI is InChI=1S/C13H13ClN2O3/c14-10-3-1-4-11(12(10)13(17)18)19-8-2-6-16-7-5-15-9-16/h1,3-5,7,9H,2,6,8H2,(H,17,18). The number of ether oxygens (including phenoxy) is 1. The molecule has 0 atom stereocenters. The van der Waals surface area contributed by atoms with Crippen LogP contribution in [-0.2, 0) is 6.54 Å². The molecule has 1 aromatic heterocycles. The number of aryl methyl sites for hydroxylation is 1. The summed E-state index contributed by atoms with van der Waals surface area (Å²) in [6.07, 6.45) is 6.05. The number of carbonyl (C=O) groups is 1. The van der Waals surface area contributed by atoms with E-state index in [1.807, 2.05) is 10.8 Å². The molecule has 0 amide bonds. The fraction of sp³-hybridized carbons (Fsp3) is 0.231. The summed E-state index contributed by atoms with van der Waals surface area (Å²) in [4.78, 5) is 15.0. The normalized spacial score (nSPS) is 10.4. The molecule has 0 aliphatic rings. The number of nitrogens with zero attached hydrogens (tertiary/aromatic N) is 2. The number of carboxylic acids is 1. The van der Waals surface area contributed by atoms with Crippen LogP contribution in [0.3, 0.4) is 0 Å². The third kappa shape index (κ3) is 3.48. The smallest absolute Gasteiger partial charge is 0.341 e. The van der Waals surface area contributed by atoms with Crippen LogP contribution < -0.4 is 4.74 Å². The maximum atomic E-state index is 11.1. The number of aromatic carboxylic acids is 1. The van der Waals surface area contributed by atoms with E-state index < -0.39 is 5.97 Å². The zero-order valence-electron chi connectivity index (χ0n) is 10.1. The van der Waals surface area contributed by atoms with Crippen LogP contribution in [0.1, 0.15) is 16.8 Å². The third-order valence-corrected chi connectivity index (χ3v) is 2.88. The molecule has 2 rings (SSSR count). The number of imidazole rings is 1. The monoisotopic (exact) mass is 280 g/mol. The van der Waals surface area contributed by atoms with E-state index in [-0.39, 0.29) is 10.6 Å². The molecule has 0 saturated heterocycles. The Balaban J connectivity index is 1.92. The van der Waals surface area contributed by atoms with Gasteiger partial charge in [0.15, 0.2) is 0 Å². The third-order valence-electron chi connectivity index (χ3n) is 2.57. The van der Waals surface area contributed by atoms with Crippen LogP contribution in [0.5, 0.6) is 5.75 Å². The molecule has 0 fully saturated rings. The Labute approximate surface area is 115 Å². The summed E-state index contributed by atoms with van der Waals surface area (Å²) in [6, 6.07) is 4.80. The molecule has 100 valence electrons. The van der Waals surface area contributed by atoms with Gasteiger partial charge < -0.3 is 14.4 Å². The van der Waals surface area contributed by atoms with Gasteiger partial charge in [0.1, 0.15) is 11.3 Å². The van der Waals surface area contributed by atoms with E-state index >= 15 is 0 Å². The molecule has 2 aromatic rings. The Bertz CT molecular complexity index is 555. The molecule has 6 heteroatoms. The Morgan fingerprint density at radius 3 is 3.00 bits per heavy atom. The number of halogens is 1. The second-order valence-corrected chi connectivity index (χ2v) is 4.33. The van der Waals surface area contributed by atoms with E-state index in [1.54, 1.807) is 24.7 Å². The van der Waals surface area contributed by atoms with Gasteiger partial charge in [0.25, 0.3) is 0 Å². The number of carboxylic acid groups (broad SMARTS) is 1. The molecule has 1 aromatic carbocycles. The molecule has 0 saturated carbocycles. The van der Waals surface area contributed by atoms with Crippen LogP contribution in [0.15, 0.2) is 36.9 Å². The molecule has 1 heterocycles. The topological polar surface area (TPSA) is 64.3 Å². The molecule has 0 bridgehead atoms. The zero-order valence-corrected chi connectivity index (χ0v) is 10.9. The Hall–Kier alpha value is -2.01. The van der Waals surface area contributed by atoms with Crippen LogP contribution in [0.2, 0.25) is 5.02 Å². The molecule has 0 radical (unpaired) electrons. The van der Waals surface area contributed by atoms with Crippen molar-refractivity contribution in [3.63, 3.8) is 0 Å². The minimum absolute atomic E-state index is 0.00629. The highest BCUT2D eigenvalue weighted by atomic mass is 35.5. The first-order valence-electron chi connectivity index (χ1n) is 5.79. The largest absolute Gasteiger partial charge is 0.493 e. The van der Waals surface area contributed by atoms with E-state index in [2.05, 4.69) is 4.98 Å². The lowest BCUT2D eigenvalue weighted by Gasteiger charge is -2.10. The lowest BCUT2D eigenvalue weighted by atomic mass is 10.2. The zero-order chi connectivity index (χ0) is 13.7. The molecular formula is C13H13ClN2O3. The molecule has 0 aliphatic carbocycles. The summed E-state index contributed by atoms with van der Waals surface area (Å²) in [7, 11) is 0. The van der Waals surface area contributed by atoms with E-state index in [4.69, 9.17) is 21.4 Å². The van der Waals surface area contributed by atoms with E-state index in [0.717, 1.165) is 13.0 Å². The first kappa shape index (κ1) is 13.4. The van der Waals surface area contributed by atoms with Gasteiger partial charge in [-0.15, -0.1) is 0 Å². The number of hydrogen-bond donors (Lipinski definition) is 1. The summed E-state index contributed by atoms with van der Waals surface area (Å²) in [5.41, 5.74) is 0.00629. The second kappa shape index (κ2) is 6.24. The first-order valence-corrected chi connectivity index (χ1v) is 6.16. The van der Waals surface area contributed by atoms with Gasteiger partial charge in [0.2, 0.25) is 0 Å². The highest BCUT2D eigenvalue weighted by Gasteiger charge is 2.15. The lowest BCUT2D eigenvalue weighted by molar-refractivity contribution is 0.0692. The molecule has 5 nitrogen and oxygen atoms in total. The first-order chi connectivity index (χ1) is 9.18. The highest BCUT2D eigenvalue weighted by molar-refractivity contribution is 6.33.